The maximum atomic E-state index is 11.3. The normalized spacial score (nSPS) is 18.1. The van der Waals surface area contributed by atoms with Crippen molar-refractivity contribution in [3.63, 3.8) is 0 Å². The first-order valence-electron chi connectivity index (χ1n) is 13.2. The highest BCUT2D eigenvalue weighted by Gasteiger charge is 2.29. The number of carboxylic acid groups (broad SMARTS) is 1. The van der Waals surface area contributed by atoms with Crippen LogP contribution < -0.4 is 9.47 Å². The van der Waals surface area contributed by atoms with Crippen molar-refractivity contribution in [1.29, 1.82) is 0 Å². The summed E-state index contributed by atoms with van der Waals surface area (Å²) in [6.45, 7) is 3.09. The van der Waals surface area contributed by atoms with E-state index < -0.39 is 5.97 Å². The van der Waals surface area contributed by atoms with Gasteiger partial charge in [-0.25, -0.2) is 0 Å². The summed E-state index contributed by atoms with van der Waals surface area (Å²) in [5.41, 5.74) is 2.30. The van der Waals surface area contributed by atoms with Crippen LogP contribution >= 0.6 is 11.8 Å². The maximum absolute atomic E-state index is 11.3. The molecule has 0 amide bonds. The van der Waals surface area contributed by atoms with Crippen molar-refractivity contribution in [2.75, 3.05) is 39.6 Å². The molecule has 2 atom stereocenters. The molecular weight excluding hydrogens is 484 g/mol. The van der Waals surface area contributed by atoms with Crippen molar-refractivity contribution in [2.24, 2.45) is 11.8 Å². The van der Waals surface area contributed by atoms with Gasteiger partial charge in [0.25, 0.3) is 0 Å². The number of aliphatic carboxylic acids is 1. The number of benzene rings is 2. The molecule has 0 saturated carbocycles. The predicted molar refractivity (Wildman–Crippen MR) is 150 cm³/mol. The Morgan fingerprint density at radius 2 is 1.92 bits per heavy atom. The predicted octanol–water partition coefficient (Wildman–Crippen LogP) is 6.17. The van der Waals surface area contributed by atoms with E-state index in [1.54, 1.807) is 14.2 Å². The molecule has 1 aliphatic heterocycles. The molecule has 198 valence electrons. The van der Waals surface area contributed by atoms with Crippen LogP contribution in [0.25, 0.3) is 10.9 Å². The molecule has 0 spiro atoms. The van der Waals surface area contributed by atoms with E-state index in [1.165, 1.54) is 10.5 Å². The zero-order chi connectivity index (χ0) is 26.0. The van der Waals surface area contributed by atoms with Gasteiger partial charge in [0.05, 0.1) is 19.7 Å². The number of likely N-dealkylation sites (tertiary alicyclic amines) is 1. The minimum atomic E-state index is -0.693. The summed E-state index contributed by atoms with van der Waals surface area (Å²) in [7, 11) is 3.39. The van der Waals surface area contributed by atoms with E-state index in [0.29, 0.717) is 11.8 Å². The molecule has 0 radical (unpaired) electrons. The van der Waals surface area contributed by atoms with Crippen LogP contribution in [0.5, 0.6) is 11.5 Å². The summed E-state index contributed by atoms with van der Waals surface area (Å²) in [5, 5.41) is 10.5. The Labute approximate surface area is 224 Å². The van der Waals surface area contributed by atoms with Crippen molar-refractivity contribution < 1.29 is 19.4 Å². The van der Waals surface area contributed by atoms with E-state index in [0.717, 1.165) is 79.9 Å². The number of carboxylic acids is 1. The molecule has 4 rings (SSSR count). The molecular formula is C30H38N2O4S. The molecule has 3 aromatic rings. The fourth-order valence-electron chi connectivity index (χ4n) is 5.44. The number of aromatic nitrogens is 1. The zero-order valence-corrected chi connectivity index (χ0v) is 22.7. The average Bonchev–Trinajstić information content (AvgIpc) is 2.92. The van der Waals surface area contributed by atoms with Crippen LogP contribution in [0.3, 0.4) is 0 Å². The van der Waals surface area contributed by atoms with Crippen molar-refractivity contribution in [3.8, 4) is 11.5 Å². The standard InChI is InChI=1S/C30H38N2O4S/c1-35-25-7-4-8-27(19-25)37-18-17-32-16-14-22(24(21-32)9-12-30(33)34)5-3-6-23-13-15-31-29-11-10-26(36-2)20-28(23)29/h4,7-8,10-11,13,15,19-20,22,24H,3,5-6,9,12,14,16-18,21H2,1-2H3,(H,33,34)/t22-,24+/m1/s1. The molecule has 1 saturated heterocycles. The lowest BCUT2D eigenvalue weighted by molar-refractivity contribution is -0.137. The lowest BCUT2D eigenvalue weighted by Gasteiger charge is -2.39. The van der Waals surface area contributed by atoms with E-state index in [9.17, 15) is 9.90 Å². The number of nitrogens with zero attached hydrogens (tertiary/aromatic N) is 2. The number of hydrogen-bond donors (Lipinski definition) is 1. The van der Waals surface area contributed by atoms with E-state index in [-0.39, 0.29) is 6.42 Å². The topological polar surface area (TPSA) is 71.9 Å². The second-order valence-corrected chi connectivity index (χ2v) is 11.0. The molecule has 1 fully saturated rings. The molecule has 0 unspecified atom stereocenters. The minimum Gasteiger partial charge on any atom is -0.497 e. The van der Waals surface area contributed by atoms with Gasteiger partial charge in [-0.2, -0.15) is 0 Å². The van der Waals surface area contributed by atoms with Crippen molar-refractivity contribution in [3.05, 3.63) is 60.3 Å². The van der Waals surface area contributed by atoms with Gasteiger partial charge in [0.15, 0.2) is 0 Å². The Morgan fingerprint density at radius 1 is 1.08 bits per heavy atom. The van der Waals surface area contributed by atoms with Gasteiger partial charge in [-0.1, -0.05) is 6.07 Å². The second-order valence-electron chi connectivity index (χ2n) is 9.81. The van der Waals surface area contributed by atoms with Gasteiger partial charge in [-0.15, -0.1) is 11.8 Å². The maximum Gasteiger partial charge on any atom is 0.303 e. The molecule has 0 bridgehead atoms. The first kappa shape index (κ1) is 27.3. The van der Waals surface area contributed by atoms with Crippen LogP contribution in [0.4, 0.5) is 0 Å². The molecule has 2 aromatic carbocycles. The Balaban J connectivity index is 1.31. The fraction of sp³-hybridized carbons (Fsp3) is 0.467. The molecule has 37 heavy (non-hydrogen) atoms. The second kappa shape index (κ2) is 13.7. The number of piperidine rings is 1. The quantitative estimate of drug-likeness (QED) is 0.269. The van der Waals surface area contributed by atoms with Gasteiger partial charge in [0.2, 0.25) is 0 Å². The molecule has 1 aromatic heterocycles. The lowest BCUT2D eigenvalue weighted by Crippen LogP contribution is -2.41. The summed E-state index contributed by atoms with van der Waals surface area (Å²) in [6, 6.07) is 16.4. The van der Waals surface area contributed by atoms with Crippen molar-refractivity contribution in [2.45, 2.75) is 43.4 Å². The number of carbonyl (C=O) groups is 1. The van der Waals surface area contributed by atoms with Crippen LogP contribution in [0, 0.1) is 11.8 Å². The molecule has 6 nitrogen and oxygen atoms in total. The number of ether oxygens (including phenoxy) is 2. The average molecular weight is 523 g/mol. The van der Waals surface area contributed by atoms with E-state index in [2.05, 4.69) is 34.1 Å². The zero-order valence-electron chi connectivity index (χ0n) is 21.9. The van der Waals surface area contributed by atoms with Gasteiger partial charge in [0.1, 0.15) is 11.5 Å². The third-order valence-corrected chi connectivity index (χ3v) is 8.46. The smallest absolute Gasteiger partial charge is 0.303 e. The van der Waals surface area contributed by atoms with Crippen molar-refractivity contribution >= 4 is 28.6 Å². The highest BCUT2D eigenvalue weighted by atomic mass is 32.2. The van der Waals surface area contributed by atoms with Gasteiger partial charge in [0, 0.05) is 41.7 Å². The van der Waals surface area contributed by atoms with Gasteiger partial charge >= 0.3 is 5.97 Å². The van der Waals surface area contributed by atoms with E-state index in [4.69, 9.17) is 9.47 Å². The number of rotatable bonds is 13. The van der Waals surface area contributed by atoms with Crippen LogP contribution in [-0.2, 0) is 11.2 Å². The number of pyridine rings is 1. The molecule has 1 aliphatic rings. The summed E-state index contributed by atoms with van der Waals surface area (Å²) in [4.78, 5) is 19.6. The molecule has 2 heterocycles. The van der Waals surface area contributed by atoms with Gasteiger partial charge in [-0.3, -0.25) is 9.78 Å². The fourth-order valence-corrected chi connectivity index (χ4v) is 6.40. The summed E-state index contributed by atoms with van der Waals surface area (Å²) in [5.74, 6) is 3.07. The van der Waals surface area contributed by atoms with E-state index >= 15 is 0 Å². The molecule has 0 aliphatic carbocycles. The minimum absolute atomic E-state index is 0.252. The Morgan fingerprint density at radius 3 is 2.73 bits per heavy atom. The SMILES string of the molecule is COc1cccc(SCCN2CC[C@@H](CCCc3ccnc4ccc(OC)cc34)[C@@H](CCC(=O)O)C2)c1. The Hall–Kier alpha value is -2.77. The Kier molecular flexibility index (Phi) is 10.1. The third-order valence-electron chi connectivity index (χ3n) is 7.48. The van der Waals surface area contributed by atoms with Gasteiger partial charge in [-0.05, 0) is 98.5 Å². The highest BCUT2D eigenvalue weighted by molar-refractivity contribution is 7.99. The van der Waals surface area contributed by atoms with Crippen LogP contribution in [0.2, 0.25) is 0 Å². The molecule has 1 N–H and O–H groups in total. The number of thioether (sulfide) groups is 1. The summed E-state index contributed by atoms with van der Waals surface area (Å²) >= 11 is 1.85. The highest BCUT2D eigenvalue weighted by Crippen LogP contribution is 2.33. The number of hydrogen-bond acceptors (Lipinski definition) is 6. The van der Waals surface area contributed by atoms with Crippen LogP contribution in [0.15, 0.2) is 59.6 Å². The first-order valence-corrected chi connectivity index (χ1v) is 14.2. The number of fused-ring (bicyclic) bond motifs is 1. The lowest BCUT2D eigenvalue weighted by atomic mass is 9.79. The monoisotopic (exact) mass is 522 g/mol. The van der Waals surface area contributed by atoms with E-state index in [1.807, 2.05) is 42.2 Å². The van der Waals surface area contributed by atoms with Gasteiger partial charge < -0.3 is 19.5 Å². The first-order chi connectivity index (χ1) is 18.1. The van der Waals surface area contributed by atoms with Crippen LogP contribution in [-0.4, -0.2) is 60.6 Å². The number of methoxy groups -OCH3 is 2. The Bertz CT molecular complexity index is 1170. The number of aryl methyl sites for hydroxylation is 1. The largest absolute Gasteiger partial charge is 0.497 e. The summed E-state index contributed by atoms with van der Waals surface area (Å²) < 4.78 is 10.8. The van der Waals surface area contributed by atoms with Crippen molar-refractivity contribution in [1.82, 2.24) is 9.88 Å². The van der Waals surface area contributed by atoms with Crippen LogP contribution in [0.1, 0.15) is 37.7 Å². The third kappa shape index (κ3) is 7.86. The summed E-state index contributed by atoms with van der Waals surface area (Å²) in [6.07, 6.45) is 7.26. The molecule has 7 heteroatoms.